The molecule has 33 heavy (non-hydrogen) atoms. The van der Waals surface area contributed by atoms with Crippen LogP contribution in [0.2, 0.25) is 0 Å². The van der Waals surface area contributed by atoms with Gasteiger partial charge in [-0.15, -0.1) is 0 Å². The second kappa shape index (κ2) is 9.74. The molecule has 0 saturated carbocycles. The molecular weight excluding hydrogens is 422 g/mol. The monoisotopic (exact) mass is 447 g/mol. The minimum atomic E-state index is -0.631. The Labute approximate surface area is 190 Å². The zero-order valence-corrected chi connectivity index (χ0v) is 18.4. The van der Waals surface area contributed by atoms with Gasteiger partial charge < -0.3 is 5.32 Å². The average Bonchev–Trinajstić information content (AvgIpc) is 3.31. The van der Waals surface area contributed by atoms with Crippen LogP contribution in [-0.2, 0) is 13.1 Å². The third-order valence-electron chi connectivity index (χ3n) is 5.71. The maximum atomic E-state index is 12.7. The van der Waals surface area contributed by atoms with Crippen LogP contribution < -0.4 is 10.7 Å². The van der Waals surface area contributed by atoms with E-state index < -0.39 is 16.3 Å². The van der Waals surface area contributed by atoms with Gasteiger partial charge in [0.05, 0.1) is 4.92 Å². The first-order valence-electron chi connectivity index (χ1n) is 10.9. The molecule has 4 rings (SSSR count). The smallest absolute Gasteiger partial charge is 0.294 e. The molecule has 0 atom stereocenters. The molecule has 170 valence electrons. The summed E-state index contributed by atoms with van der Waals surface area (Å²) in [4.78, 5) is 38.4. The summed E-state index contributed by atoms with van der Waals surface area (Å²) >= 11 is 0. The van der Waals surface area contributed by atoms with Crippen LogP contribution in [0.3, 0.4) is 0 Å². The van der Waals surface area contributed by atoms with Crippen molar-refractivity contribution in [1.29, 1.82) is 0 Å². The fourth-order valence-electron chi connectivity index (χ4n) is 3.97. The molecule has 9 heteroatoms. The third-order valence-corrected chi connectivity index (χ3v) is 5.71. The third kappa shape index (κ3) is 5.15. The number of nitro benzene ring substituents is 1. The van der Waals surface area contributed by atoms with Gasteiger partial charge in [0.1, 0.15) is 5.69 Å². The van der Waals surface area contributed by atoms with E-state index >= 15 is 0 Å². The van der Waals surface area contributed by atoms with E-state index in [0.717, 1.165) is 25.2 Å². The molecule has 0 spiro atoms. The molecule has 1 amide bonds. The number of benzene rings is 2. The Hall–Kier alpha value is -3.85. The predicted molar refractivity (Wildman–Crippen MR) is 123 cm³/mol. The van der Waals surface area contributed by atoms with Gasteiger partial charge in [-0.3, -0.25) is 24.6 Å². The molecule has 0 radical (unpaired) electrons. The zero-order chi connectivity index (χ0) is 23.4. The number of nitro groups is 1. The molecule has 0 aliphatic carbocycles. The lowest BCUT2D eigenvalue weighted by Crippen LogP contribution is -2.31. The van der Waals surface area contributed by atoms with Crippen LogP contribution in [0.5, 0.6) is 0 Å². The van der Waals surface area contributed by atoms with Crippen molar-refractivity contribution in [1.82, 2.24) is 20.0 Å². The molecule has 2 heterocycles. The number of para-hydroxylation sites is 2. The Morgan fingerprint density at radius 3 is 2.45 bits per heavy atom. The van der Waals surface area contributed by atoms with E-state index in [9.17, 15) is 19.7 Å². The summed E-state index contributed by atoms with van der Waals surface area (Å²) in [7, 11) is 0. The second-order valence-electron chi connectivity index (χ2n) is 8.14. The van der Waals surface area contributed by atoms with E-state index in [2.05, 4.69) is 15.3 Å². The largest absolute Gasteiger partial charge is 0.346 e. The maximum Gasteiger partial charge on any atom is 0.294 e. The van der Waals surface area contributed by atoms with Crippen molar-refractivity contribution < 1.29 is 9.72 Å². The quantitative estimate of drug-likeness (QED) is 0.440. The fraction of sp³-hybridized carbons (Fsp3) is 0.292. The van der Waals surface area contributed by atoms with Gasteiger partial charge in [-0.05, 0) is 50.0 Å². The predicted octanol–water partition coefficient (Wildman–Crippen LogP) is 2.97. The number of rotatable bonds is 7. The first-order chi connectivity index (χ1) is 15.9. The Balaban J connectivity index is 1.49. The lowest BCUT2D eigenvalue weighted by atomic mass is 10.1. The highest BCUT2D eigenvalue weighted by atomic mass is 16.6. The topological polar surface area (TPSA) is 110 Å². The van der Waals surface area contributed by atoms with Crippen molar-refractivity contribution in [3.63, 3.8) is 0 Å². The molecule has 3 aromatic rings. The van der Waals surface area contributed by atoms with Crippen molar-refractivity contribution in [2.75, 3.05) is 13.1 Å². The number of hydrogen-bond acceptors (Lipinski definition) is 6. The number of aryl methyl sites for hydroxylation is 1. The van der Waals surface area contributed by atoms with Crippen molar-refractivity contribution in [2.24, 2.45) is 0 Å². The van der Waals surface area contributed by atoms with E-state index in [4.69, 9.17) is 0 Å². The SMILES string of the molecule is Cc1cc(=O)c(C(=O)NCc2ccc(CN3CCCC3)cc2)nn1-c1ccccc1[N+](=O)[O-]. The Morgan fingerprint density at radius 2 is 1.76 bits per heavy atom. The van der Waals surface area contributed by atoms with Crippen LogP contribution in [0.15, 0.2) is 59.4 Å². The van der Waals surface area contributed by atoms with Crippen LogP contribution in [0, 0.1) is 17.0 Å². The summed E-state index contributed by atoms with van der Waals surface area (Å²) in [6.45, 7) is 5.03. The van der Waals surface area contributed by atoms with E-state index in [1.165, 1.54) is 41.3 Å². The molecule has 0 bridgehead atoms. The summed E-state index contributed by atoms with van der Waals surface area (Å²) in [5.74, 6) is -0.631. The normalized spacial score (nSPS) is 13.7. The molecule has 1 saturated heterocycles. The number of carbonyl (C=O) groups excluding carboxylic acids is 1. The zero-order valence-electron chi connectivity index (χ0n) is 18.4. The molecule has 1 fully saturated rings. The van der Waals surface area contributed by atoms with Crippen LogP contribution >= 0.6 is 0 Å². The number of carbonyl (C=O) groups is 1. The lowest BCUT2D eigenvalue weighted by molar-refractivity contribution is -0.384. The molecule has 1 aliphatic heterocycles. The number of nitrogens with one attached hydrogen (secondary N) is 1. The van der Waals surface area contributed by atoms with Crippen LogP contribution in [0.25, 0.3) is 5.69 Å². The lowest BCUT2D eigenvalue weighted by Gasteiger charge is -2.15. The van der Waals surface area contributed by atoms with E-state index in [1.807, 2.05) is 24.3 Å². The highest BCUT2D eigenvalue weighted by molar-refractivity contribution is 5.92. The molecule has 9 nitrogen and oxygen atoms in total. The van der Waals surface area contributed by atoms with Gasteiger partial charge in [0.25, 0.3) is 11.6 Å². The van der Waals surface area contributed by atoms with Gasteiger partial charge in [-0.25, -0.2) is 4.68 Å². The number of amides is 1. The molecule has 1 N–H and O–H groups in total. The Bertz CT molecular complexity index is 1230. The minimum Gasteiger partial charge on any atom is -0.346 e. The van der Waals surface area contributed by atoms with Crippen molar-refractivity contribution >= 4 is 11.6 Å². The van der Waals surface area contributed by atoms with Crippen molar-refractivity contribution in [3.8, 4) is 5.69 Å². The first-order valence-corrected chi connectivity index (χ1v) is 10.9. The summed E-state index contributed by atoms with van der Waals surface area (Å²) < 4.78 is 1.25. The highest BCUT2D eigenvalue weighted by Crippen LogP contribution is 2.22. The number of likely N-dealkylation sites (tertiary alicyclic amines) is 1. The van der Waals surface area contributed by atoms with E-state index in [1.54, 1.807) is 19.1 Å². The summed E-state index contributed by atoms with van der Waals surface area (Å²) in [6, 6.07) is 15.3. The minimum absolute atomic E-state index is 0.169. The van der Waals surface area contributed by atoms with Gasteiger partial charge in [0.15, 0.2) is 5.69 Å². The molecular formula is C24H25N5O4. The van der Waals surface area contributed by atoms with Gasteiger partial charge >= 0.3 is 0 Å². The van der Waals surface area contributed by atoms with E-state index in [0.29, 0.717) is 5.69 Å². The number of nitrogens with zero attached hydrogens (tertiary/aromatic N) is 4. The van der Waals surface area contributed by atoms with Crippen LogP contribution in [-0.4, -0.2) is 38.6 Å². The second-order valence-corrected chi connectivity index (χ2v) is 8.14. The Morgan fingerprint density at radius 1 is 1.09 bits per heavy atom. The standard InChI is InChI=1S/C24H25N5O4/c1-17-14-22(30)23(26-28(17)20-6-2-3-7-21(20)29(32)33)24(31)25-15-18-8-10-19(11-9-18)16-27-12-4-5-13-27/h2-3,6-11,14H,4-5,12-13,15-16H2,1H3,(H,25,31). The number of aromatic nitrogens is 2. The molecule has 1 aliphatic rings. The molecule has 0 unspecified atom stereocenters. The fourth-order valence-corrected chi connectivity index (χ4v) is 3.97. The van der Waals surface area contributed by atoms with Crippen LogP contribution in [0.1, 0.15) is 40.2 Å². The van der Waals surface area contributed by atoms with Crippen molar-refractivity contribution in [2.45, 2.75) is 32.9 Å². The molecule has 1 aromatic heterocycles. The van der Waals surface area contributed by atoms with Gasteiger partial charge in [-0.1, -0.05) is 36.4 Å². The molecule has 2 aromatic carbocycles. The summed E-state index contributed by atoms with van der Waals surface area (Å²) in [6.07, 6.45) is 2.49. The maximum absolute atomic E-state index is 12.7. The summed E-state index contributed by atoms with van der Waals surface area (Å²) in [5, 5.41) is 18.3. The van der Waals surface area contributed by atoms with Gasteiger partial charge in [-0.2, -0.15) is 5.10 Å². The van der Waals surface area contributed by atoms with Gasteiger partial charge in [0, 0.05) is 30.9 Å². The van der Waals surface area contributed by atoms with Crippen molar-refractivity contribution in [3.05, 3.63) is 97.4 Å². The first kappa shape index (κ1) is 22.3. The number of hydrogen-bond donors (Lipinski definition) is 1. The Kier molecular flexibility index (Phi) is 6.60. The summed E-state index contributed by atoms with van der Waals surface area (Å²) in [5.41, 5.74) is 1.67. The van der Waals surface area contributed by atoms with Crippen LogP contribution in [0.4, 0.5) is 5.69 Å². The van der Waals surface area contributed by atoms with Gasteiger partial charge in [0.2, 0.25) is 5.43 Å². The average molecular weight is 447 g/mol. The van der Waals surface area contributed by atoms with E-state index in [-0.39, 0.29) is 23.6 Å². The highest BCUT2D eigenvalue weighted by Gasteiger charge is 2.20.